The molecule has 21 heavy (non-hydrogen) atoms. The molecular formula is C12H16BrFN2O4S. The van der Waals surface area contributed by atoms with Gasteiger partial charge in [0.25, 0.3) is 5.91 Å². The minimum Gasteiger partial charge on any atom is -0.377 e. The maximum Gasteiger partial charge on any atom is 0.254 e. The molecule has 0 aliphatic rings. The van der Waals surface area contributed by atoms with Crippen LogP contribution in [0.25, 0.3) is 0 Å². The molecule has 9 heteroatoms. The van der Waals surface area contributed by atoms with Gasteiger partial charge in [0.2, 0.25) is 10.0 Å². The van der Waals surface area contributed by atoms with E-state index in [2.05, 4.69) is 21.2 Å². The van der Waals surface area contributed by atoms with Crippen LogP contribution >= 0.6 is 15.9 Å². The van der Waals surface area contributed by atoms with Crippen molar-refractivity contribution in [2.45, 2.75) is 24.3 Å². The lowest BCUT2D eigenvalue weighted by Crippen LogP contribution is -2.40. The van der Waals surface area contributed by atoms with E-state index in [1.165, 1.54) is 7.11 Å². The van der Waals surface area contributed by atoms with Crippen LogP contribution in [0.3, 0.4) is 0 Å². The van der Waals surface area contributed by atoms with E-state index in [0.717, 1.165) is 12.1 Å². The fourth-order valence-electron chi connectivity index (χ4n) is 1.38. The summed E-state index contributed by atoms with van der Waals surface area (Å²) in [5.41, 5.74) is -1.04. The van der Waals surface area contributed by atoms with E-state index in [4.69, 9.17) is 9.88 Å². The first kappa shape index (κ1) is 18.0. The van der Waals surface area contributed by atoms with Crippen LogP contribution in [0.5, 0.6) is 0 Å². The fraction of sp³-hybridized carbons (Fsp3) is 0.417. The summed E-state index contributed by atoms with van der Waals surface area (Å²) in [6.45, 7) is 3.60. The molecule has 118 valence electrons. The highest BCUT2D eigenvalue weighted by Gasteiger charge is 2.22. The van der Waals surface area contributed by atoms with Crippen LogP contribution in [-0.4, -0.2) is 33.6 Å². The van der Waals surface area contributed by atoms with Gasteiger partial charge >= 0.3 is 0 Å². The third-order valence-corrected chi connectivity index (χ3v) is 4.67. The molecule has 0 saturated carbocycles. The number of sulfonamides is 1. The summed E-state index contributed by atoms with van der Waals surface area (Å²) < 4.78 is 41.6. The number of primary sulfonamides is 1. The van der Waals surface area contributed by atoms with E-state index >= 15 is 0 Å². The van der Waals surface area contributed by atoms with Crippen molar-refractivity contribution in [3.05, 3.63) is 28.0 Å². The van der Waals surface area contributed by atoms with Crippen LogP contribution in [0.4, 0.5) is 4.39 Å². The molecule has 0 radical (unpaired) electrons. The predicted molar refractivity (Wildman–Crippen MR) is 78.9 cm³/mol. The van der Waals surface area contributed by atoms with E-state index in [-0.39, 0.29) is 15.9 Å². The largest absolute Gasteiger partial charge is 0.377 e. The first-order chi connectivity index (χ1) is 9.48. The summed E-state index contributed by atoms with van der Waals surface area (Å²) in [4.78, 5) is 11.6. The minimum atomic E-state index is -4.07. The summed E-state index contributed by atoms with van der Waals surface area (Å²) in [6.07, 6.45) is 0. The number of rotatable bonds is 5. The van der Waals surface area contributed by atoms with E-state index < -0.39 is 32.9 Å². The molecule has 1 aromatic rings. The molecular weight excluding hydrogens is 367 g/mol. The second-order valence-electron chi connectivity index (χ2n) is 4.95. The van der Waals surface area contributed by atoms with E-state index in [1.807, 2.05) is 0 Å². The number of hydrogen-bond acceptors (Lipinski definition) is 4. The number of carbonyl (C=O) groups is 1. The zero-order valence-corrected chi connectivity index (χ0v) is 14.1. The van der Waals surface area contributed by atoms with Crippen molar-refractivity contribution in [1.29, 1.82) is 0 Å². The maximum atomic E-state index is 13.8. The lowest BCUT2D eigenvalue weighted by Gasteiger charge is -2.23. The Balaban J connectivity index is 3.11. The number of benzene rings is 1. The van der Waals surface area contributed by atoms with Crippen molar-refractivity contribution in [3.8, 4) is 0 Å². The van der Waals surface area contributed by atoms with Gasteiger partial charge in [0, 0.05) is 18.1 Å². The Bertz CT molecular complexity index is 661. The molecule has 1 amide bonds. The van der Waals surface area contributed by atoms with Gasteiger partial charge in [0.05, 0.1) is 16.1 Å². The average molecular weight is 383 g/mol. The molecule has 0 saturated heterocycles. The average Bonchev–Trinajstić information content (AvgIpc) is 2.34. The molecule has 1 rings (SSSR count). The van der Waals surface area contributed by atoms with Crippen LogP contribution in [-0.2, 0) is 14.8 Å². The van der Waals surface area contributed by atoms with Gasteiger partial charge in [-0.05, 0) is 41.9 Å². The standard InChI is InChI=1S/C12H16BrFN2O4S/c1-12(2,20-3)6-16-11(17)7-4-10(21(15,18)19)8(13)5-9(7)14/h4-5H,6H2,1-3H3,(H,16,17)(H2,15,18,19). The number of ether oxygens (including phenoxy) is 1. The summed E-state index contributed by atoms with van der Waals surface area (Å²) in [5.74, 6) is -1.61. The summed E-state index contributed by atoms with van der Waals surface area (Å²) in [7, 11) is -2.59. The molecule has 0 atom stereocenters. The van der Waals surface area contributed by atoms with Crippen LogP contribution in [0.15, 0.2) is 21.5 Å². The molecule has 0 aliphatic carbocycles. The zero-order valence-electron chi connectivity index (χ0n) is 11.7. The van der Waals surface area contributed by atoms with Crippen LogP contribution in [0.1, 0.15) is 24.2 Å². The number of amides is 1. The monoisotopic (exact) mass is 382 g/mol. The molecule has 3 N–H and O–H groups in total. The number of methoxy groups -OCH3 is 1. The summed E-state index contributed by atoms with van der Waals surface area (Å²) >= 11 is 2.90. The third kappa shape index (κ3) is 4.73. The molecule has 0 bridgehead atoms. The predicted octanol–water partition coefficient (Wildman–Crippen LogP) is 1.39. The Kier molecular flexibility index (Phi) is 5.48. The van der Waals surface area contributed by atoms with Crippen molar-refractivity contribution < 1.29 is 22.3 Å². The Morgan fingerprint density at radius 2 is 2.05 bits per heavy atom. The van der Waals surface area contributed by atoms with Gasteiger partial charge in [-0.25, -0.2) is 17.9 Å². The van der Waals surface area contributed by atoms with Crippen molar-refractivity contribution in [1.82, 2.24) is 5.32 Å². The van der Waals surface area contributed by atoms with Crippen molar-refractivity contribution in [2.24, 2.45) is 5.14 Å². The zero-order chi connectivity index (χ0) is 16.4. The van der Waals surface area contributed by atoms with Gasteiger partial charge in [-0.2, -0.15) is 0 Å². The molecule has 0 unspecified atom stereocenters. The highest BCUT2D eigenvalue weighted by Crippen LogP contribution is 2.24. The van der Waals surface area contributed by atoms with Gasteiger partial charge in [-0.15, -0.1) is 0 Å². The molecule has 0 heterocycles. The lowest BCUT2D eigenvalue weighted by molar-refractivity contribution is 0.0228. The molecule has 0 spiro atoms. The first-order valence-corrected chi connectivity index (χ1v) is 8.17. The van der Waals surface area contributed by atoms with Crippen LogP contribution < -0.4 is 10.5 Å². The van der Waals surface area contributed by atoms with Crippen molar-refractivity contribution >= 4 is 31.9 Å². The summed E-state index contributed by atoms with van der Waals surface area (Å²) in [5, 5.41) is 7.48. The topological polar surface area (TPSA) is 98.5 Å². The van der Waals surface area contributed by atoms with Crippen LogP contribution in [0, 0.1) is 5.82 Å². The highest BCUT2D eigenvalue weighted by molar-refractivity contribution is 9.10. The van der Waals surface area contributed by atoms with Gasteiger partial charge in [0.15, 0.2) is 0 Å². The van der Waals surface area contributed by atoms with E-state index in [9.17, 15) is 17.6 Å². The summed E-state index contributed by atoms with van der Waals surface area (Å²) in [6, 6.07) is 1.78. The Hall–Kier alpha value is -1.03. The van der Waals surface area contributed by atoms with Crippen LogP contribution in [0.2, 0.25) is 0 Å². The van der Waals surface area contributed by atoms with Crippen molar-refractivity contribution in [2.75, 3.05) is 13.7 Å². The molecule has 0 fully saturated rings. The number of nitrogens with two attached hydrogens (primary N) is 1. The van der Waals surface area contributed by atoms with Gasteiger partial charge in [0.1, 0.15) is 5.82 Å². The second kappa shape index (κ2) is 6.39. The third-order valence-electron chi connectivity index (χ3n) is 2.80. The first-order valence-electron chi connectivity index (χ1n) is 5.83. The normalized spacial score (nSPS) is 12.3. The minimum absolute atomic E-state index is 0.0451. The number of hydrogen-bond donors (Lipinski definition) is 2. The number of nitrogens with one attached hydrogen (secondary N) is 1. The molecule has 1 aromatic carbocycles. The maximum absolute atomic E-state index is 13.8. The molecule has 6 nitrogen and oxygen atoms in total. The molecule has 0 aliphatic heterocycles. The SMILES string of the molecule is COC(C)(C)CNC(=O)c1cc(S(N)(=O)=O)c(Br)cc1F. The van der Waals surface area contributed by atoms with E-state index in [0.29, 0.717) is 0 Å². The lowest BCUT2D eigenvalue weighted by atomic mass is 10.1. The second-order valence-corrected chi connectivity index (χ2v) is 7.34. The van der Waals surface area contributed by atoms with E-state index in [1.54, 1.807) is 13.8 Å². The fourth-order valence-corrected chi connectivity index (χ4v) is 2.99. The Morgan fingerprint density at radius 3 is 2.52 bits per heavy atom. The molecule has 0 aromatic heterocycles. The smallest absolute Gasteiger partial charge is 0.254 e. The Morgan fingerprint density at radius 1 is 1.48 bits per heavy atom. The van der Waals surface area contributed by atoms with Gasteiger partial charge < -0.3 is 10.1 Å². The van der Waals surface area contributed by atoms with Gasteiger partial charge in [-0.1, -0.05) is 0 Å². The number of carbonyl (C=O) groups excluding carboxylic acids is 1. The Labute approximate surface area is 131 Å². The van der Waals surface area contributed by atoms with Gasteiger partial charge in [-0.3, -0.25) is 4.79 Å². The number of halogens is 2. The quantitative estimate of drug-likeness (QED) is 0.803. The highest BCUT2D eigenvalue weighted by atomic mass is 79.9. The van der Waals surface area contributed by atoms with Crippen molar-refractivity contribution in [3.63, 3.8) is 0 Å².